The van der Waals surface area contributed by atoms with Crippen LogP contribution in [0.2, 0.25) is 0 Å². The van der Waals surface area contributed by atoms with Crippen LogP contribution in [-0.4, -0.2) is 9.97 Å². The van der Waals surface area contributed by atoms with E-state index in [1.165, 1.54) is 16.7 Å². The summed E-state index contributed by atoms with van der Waals surface area (Å²) in [4.78, 5) is 10.0. The van der Waals surface area contributed by atoms with Gasteiger partial charge in [0, 0.05) is 10.9 Å². The Balaban J connectivity index is 1.56. The Morgan fingerprint density at radius 3 is 2.48 bits per heavy atom. The third-order valence-electron chi connectivity index (χ3n) is 5.30. The maximum Gasteiger partial charge on any atom is 0.150 e. The van der Waals surface area contributed by atoms with Gasteiger partial charge in [0.05, 0.1) is 11.1 Å². The van der Waals surface area contributed by atoms with E-state index in [-0.39, 0.29) is 0 Å². The Hall–Kier alpha value is -3.70. The molecular formula is C26H21N3OS. The number of rotatable bonds is 5. The fourth-order valence-corrected chi connectivity index (χ4v) is 4.41. The molecule has 0 saturated heterocycles. The van der Waals surface area contributed by atoms with Gasteiger partial charge in [-0.25, -0.2) is 9.97 Å². The first-order valence-corrected chi connectivity index (χ1v) is 11.0. The van der Waals surface area contributed by atoms with Crippen molar-refractivity contribution in [3.8, 4) is 22.6 Å². The maximum atomic E-state index is 6.12. The summed E-state index contributed by atoms with van der Waals surface area (Å²) in [6, 6.07) is 24.2. The largest absolute Gasteiger partial charge is 0.455 e. The summed E-state index contributed by atoms with van der Waals surface area (Å²) in [7, 11) is 0. The van der Waals surface area contributed by atoms with Gasteiger partial charge < -0.3 is 10.1 Å². The van der Waals surface area contributed by atoms with Gasteiger partial charge in [-0.15, -0.1) is 11.3 Å². The highest BCUT2D eigenvalue weighted by atomic mass is 32.1. The molecule has 0 fully saturated rings. The minimum Gasteiger partial charge on any atom is -0.455 e. The van der Waals surface area contributed by atoms with Crippen LogP contribution in [0.1, 0.15) is 11.1 Å². The summed E-state index contributed by atoms with van der Waals surface area (Å²) in [6.07, 6.45) is 1.60. The topological polar surface area (TPSA) is 47.0 Å². The lowest BCUT2D eigenvalue weighted by atomic mass is 10.0. The van der Waals surface area contributed by atoms with E-state index >= 15 is 0 Å². The van der Waals surface area contributed by atoms with E-state index < -0.39 is 0 Å². The fourth-order valence-electron chi connectivity index (χ4n) is 3.49. The molecular weight excluding hydrogens is 402 g/mol. The van der Waals surface area contributed by atoms with Gasteiger partial charge in [-0.05, 0) is 54.8 Å². The van der Waals surface area contributed by atoms with Crippen LogP contribution in [0.25, 0.3) is 21.3 Å². The Morgan fingerprint density at radius 2 is 1.65 bits per heavy atom. The molecule has 0 aliphatic rings. The summed E-state index contributed by atoms with van der Waals surface area (Å²) in [5.74, 6) is 2.29. The number of nitrogens with one attached hydrogen (secondary N) is 1. The summed E-state index contributed by atoms with van der Waals surface area (Å²) in [5, 5.41) is 6.66. The Kier molecular flexibility index (Phi) is 5.10. The highest BCUT2D eigenvalue weighted by Gasteiger charge is 2.15. The lowest BCUT2D eigenvalue weighted by molar-refractivity contribution is 0.485. The van der Waals surface area contributed by atoms with Crippen molar-refractivity contribution in [3.05, 3.63) is 95.6 Å². The van der Waals surface area contributed by atoms with Crippen LogP contribution >= 0.6 is 11.3 Å². The summed E-state index contributed by atoms with van der Waals surface area (Å²) < 4.78 is 6.12. The first-order valence-electron chi connectivity index (χ1n) is 10.1. The quantitative estimate of drug-likeness (QED) is 0.318. The smallest absolute Gasteiger partial charge is 0.150 e. The normalized spacial score (nSPS) is 10.9. The number of nitrogens with zero attached hydrogens (tertiary/aromatic N) is 2. The number of fused-ring (bicyclic) bond motifs is 1. The molecule has 0 aliphatic heterocycles. The van der Waals surface area contributed by atoms with Crippen molar-refractivity contribution in [2.24, 2.45) is 0 Å². The summed E-state index contributed by atoms with van der Waals surface area (Å²) in [6.45, 7) is 4.27. The van der Waals surface area contributed by atoms with E-state index in [1.54, 1.807) is 17.7 Å². The van der Waals surface area contributed by atoms with E-state index in [2.05, 4.69) is 52.7 Å². The second-order valence-electron chi connectivity index (χ2n) is 7.39. The van der Waals surface area contributed by atoms with Gasteiger partial charge in [-0.3, -0.25) is 0 Å². The van der Waals surface area contributed by atoms with Gasteiger partial charge in [0.15, 0.2) is 5.75 Å². The van der Waals surface area contributed by atoms with E-state index in [0.29, 0.717) is 0 Å². The number of benzene rings is 3. The maximum absolute atomic E-state index is 6.12. The number of aryl methyl sites for hydroxylation is 2. The predicted octanol–water partition coefficient (Wildman–Crippen LogP) is 7.51. The van der Waals surface area contributed by atoms with Crippen LogP contribution in [0.4, 0.5) is 11.5 Å². The van der Waals surface area contributed by atoms with E-state index in [4.69, 9.17) is 4.74 Å². The molecule has 0 amide bonds. The van der Waals surface area contributed by atoms with Crippen molar-refractivity contribution in [2.75, 3.05) is 5.32 Å². The van der Waals surface area contributed by atoms with Crippen molar-refractivity contribution in [3.63, 3.8) is 0 Å². The van der Waals surface area contributed by atoms with Crippen LogP contribution in [0, 0.1) is 13.8 Å². The van der Waals surface area contributed by atoms with Gasteiger partial charge in [-0.1, -0.05) is 48.5 Å². The van der Waals surface area contributed by atoms with Crippen molar-refractivity contribution in [2.45, 2.75) is 13.8 Å². The average molecular weight is 424 g/mol. The number of hydrogen-bond acceptors (Lipinski definition) is 5. The van der Waals surface area contributed by atoms with Gasteiger partial charge in [0.25, 0.3) is 0 Å². The zero-order valence-corrected chi connectivity index (χ0v) is 18.1. The predicted molar refractivity (Wildman–Crippen MR) is 129 cm³/mol. The molecule has 0 aliphatic carbocycles. The summed E-state index contributed by atoms with van der Waals surface area (Å²) >= 11 is 1.63. The molecule has 0 atom stereocenters. The van der Waals surface area contributed by atoms with Gasteiger partial charge >= 0.3 is 0 Å². The van der Waals surface area contributed by atoms with Crippen molar-refractivity contribution >= 4 is 33.1 Å². The monoisotopic (exact) mass is 423 g/mol. The van der Waals surface area contributed by atoms with Crippen molar-refractivity contribution in [1.29, 1.82) is 0 Å². The molecule has 5 rings (SSSR count). The van der Waals surface area contributed by atoms with Crippen LogP contribution < -0.4 is 10.1 Å². The zero-order chi connectivity index (χ0) is 21.2. The van der Waals surface area contributed by atoms with Crippen molar-refractivity contribution < 1.29 is 4.74 Å². The second kappa shape index (κ2) is 8.20. The molecule has 2 heterocycles. The van der Waals surface area contributed by atoms with Crippen LogP contribution in [0.5, 0.6) is 11.5 Å². The number of ether oxygens (including phenoxy) is 1. The van der Waals surface area contributed by atoms with Crippen LogP contribution in [-0.2, 0) is 0 Å². The zero-order valence-electron chi connectivity index (χ0n) is 17.3. The fraction of sp³-hybridized carbons (Fsp3) is 0.0769. The minimum absolute atomic E-state index is 0.739. The number of anilines is 2. The van der Waals surface area contributed by atoms with E-state index in [9.17, 15) is 0 Å². The minimum atomic E-state index is 0.739. The molecule has 4 nitrogen and oxygen atoms in total. The number of hydrogen-bond donors (Lipinski definition) is 1. The molecule has 0 spiro atoms. The number of para-hydroxylation sites is 3. The third-order valence-corrected chi connectivity index (χ3v) is 6.19. The Morgan fingerprint density at radius 1 is 0.839 bits per heavy atom. The lowest BCUT2D eigenvalue weighted by Crippen LogP contribution is -1.98. The lowest BCUT2D eigenvalue weighted by Gasteiger charge is -2.14. The van der Waals surface area contributed by atoms with Gasteiger partial charge in [0.2, 0.25) is 0 Å². The molecule has 2 aromatic heterocycles. The van der Waals surface area contributed by atoms with Crippen molar-refractivity contribution in [1.82, 2.24) is 9.97 Å². The molecule has 0 radical (unpaired) electrons. The molecule has 5 aromatic rings. The van der Waals surface area contributed by atoms with E-state index in [0.717, 1.165) is 38.8 Å². The average Bonchev–Trinajstić information content (AvgIpc) is 3.23. The highest BCUT2D eigenvalue weighted by molar-refractivity contribution is 7.17. The SMILES string of the molecule is Cc1ccc(-c2csc3ncnc(Nc4ccccc4Oc4ccccc4)c23)cc1C. The van der Waals surface area contributed by atoms with Gasteiger partial charge in [-0.2, -0.15) is 0 Å². The molecule has 31 heavy (non-hydrogen) atoms. The molecule has 0 bridgehead atoms. The molecule has 1 N–H and O–H groups in total. The van der Waals surface area contributed by atoms with Crippen LogP contribution in [0.15, 0.2) is 84.5 Å². The molecule has 0 saturated carbocycles. The van der Waals surface area contributed by atoms with E-state index in [1.807, 2.05) is 54.6 Å². The molecule has 152 valence electrons. The first kappa shape index (κ1) is 19.3. The molecule has 3 aromatic carbocycles. The van der Waals surface area contributed by atoms with Crippen LogP contribution in [0.3, 0.4) is 0 Å². The second-order valence-corrected chi connectivity index (χ2v) is 8.25. The Labute approximate surface area is 185 Å². The van der Waals surface area contributed by atoms with Gasteiger partial charge in [0.1, 0.15) is 22.7 Å². The number of thiophene rings is 1. The Bertz CT molecular complexity index is 1360. The highest BCUT2D eigenvalue weighted by Crippen LogP contribution is 2.39. The number of aromatic nitrogens is 2. The first-order chi connectivity index (χ1) is 15.2. The summed E-state index contributed by atoms with van der Waals surface area (Å²) in [5.41, 5.74) is 5.70. The molecule has 0 unspecified atom stereocenters. The standard InChI is InChI=1S/C26H21N3OS/c1-17-12-13-19(14-18(17)2)21-15-31-26-24(21)25(27-16-28-26)29-22-10-6-7-11-23(22)30-20-8-4-3-5-9-20/h3-16H,1-2H3,(H,27,28,29). The third kappa shape index (κ3) is 3.88. The molecule has 5 heteroatoms.